The summed E-state index contributed by atoms with van der Waals surface area (Å²) >= 11 is 12.8. The summed E-state index contributed by atoms with van der Waals surface area (Å²) < 4.78 is 31.6. The van der Waals surface area contributed by atoms with Gasteiger partial charge in [0.05, 0.1) is 19.1 Å². The molecule has 1 atom stereocenters. The highest BCUT2D eigenvalue weighted by molar-refractivity contribution is 7.92. The first-order chi connectivity index (χ1) is 16.7. The van der Waals surface area contributed by atoms with Crippen LogP contribution in [0.2, 0.25) is 10.0 Å². The number of ether oxygens (including phenoxy) is 1. The number of anilines is 1. The number of halogens is 2. The second-order valence-electron chi connectivity index (χ2n) is 9.36. The Morgan fingerprint density at radius 1 is 1.08 bits per heavy atom. The fraction of sp³-hybridized carbons (Fsp3) is 0.440. The molecule has 0 aliphatic rings. The van der Waals surface area contributed by atoms with E-state index in [1.807, 2.05) is 20.8 Å². The van der Waals surface area contributed by atoms with Gasteiger partial charge >= 0.3 is 0 Å². The summed E-state index contributed by atoms with van der Waals surface area (Å²) in [5.41, 5.74) is 0.178. The van der Waals surface area contributed by atoms with Crippen molar-refractivity contribution in [2.24, 2.45) is 0 Å². The second-order valence-corrected chi connectivity index (χ2v) is 12.1. The van der Waals surface area contributed by atoms with E-state index in [9.17, 15) is 18.0 Å². The number of hydrogen-bond acceptors (Lipinski definition) is 5. The van der Waals surface area contributed by atoms with Crippen molar-refractivity contribution in [1.29, 1.82) is 0 Å². The van der Waals surface area contributed by atoms with E-state index in [0.717, 1.165) is 10.6 Å². The minimum Gasteiger partial charge on any atom is -0.497 e. The van der Waals surface area contributed by atoms with Crippen LogP contribution in [0.1, 0.15) is 39.7 Å². The Hall–Kier alpha value is -2.49. The van der Waals surface area contributed by atoms with Crippen LogP contribution in [0.15, 0.2) is 42.5 Å². The fourth-order valence-electron chi connectivity index (χ4n) is 3.61. The van der Waals surface area contributed by atoms with Crippen LogP contribution in [0.25, 0.3) is 0 Å². The van der Waals surface area contributed by atoms with Gasteiger partial charge in [-0.1, -0.05) is 42.3 Å². The Kier molecular flexibility index (Phi) is 10.0. The van der Waals surface area contributed by atoms with Crippen LogP contribution in [-0.4, -0.2) is 56.6 Å². The Labute approximate surface area is 223 Å². The third-order valence-electron chi connectivity index (χ3n) is 5.29. The van der Waals surface area contributed by atoms with Crippen molar-refractivity contribution >= 4 is 50.7 Å². The van der Waals surface area contributed by atoms with E-state index in [4.69, 9.17) is 27.9 Å². The predicted molar refractivity (Wildman–Crippen MR) is 144 cm³/mol. The molecular formula is C25H33Cl2N3O5S. The molecule has 0 fully saturated rings. The van der Waals surface area contributed by atoms with E-state index in [1.165, 1.54) is 18.1 Å². The number of methoxy groups -OCH3 is 1. The monoisotopic (exact) mass is 557 g/mol. The maximum absolute atomic E-state index is 13.7. The van der Waals surface area contributed by atoms with E-state index in [1.54, 1.807) is 43.3 Å². The first-order valence-electron chi connectivity index (χ1n) is 11.3. The zero-order valence-corrected chi connectivity index (χ0v) is 23.7. The summed E-state index contributed by atoms with van der Waals surface area (Å²) in [4.78, 5) is 28.3. The zero-order chi connectivity index (χ0) is 27.3. The Morgan fingerprint density at radius 2 is 1.67 bits per heavy atom. The second kappa shape index (κ2) is 12.2. The van der Waals surface area contributed by atoms with Crippen LogP contribution in [0, 0.1) is 0 Å². The number of carbonyl (C=O) groups excluding carboxylic acids is 2. The number of carbonyl (C=O) groups is 2. The van der Waals surface area contributed by atoms with Gasteiger partial charge in [0.2, 0.25) is 21.8 Å². The summed E-state index contributed by atoms with van der Waals surface area (Å²) in [5, 5.41) is 3.57. The van der Waals surface area contributed by atoms with E-state index in [2.05, 4.69) is 5.32 Å². The summed E-state index contributed by atoms with van der Waals surface area (Å²) in [5.74, 6) is -0.520. The van der Waals surface area contributed by atoms with E-state index in [-0.39, 0.29) is 24.6 Å². The van der Waals surface area contributed by atoms with Crippen molar-refractivity contribution in [3.05, 3.63) is 58.1 Å². The molecule has 2 aromatic rings. The van der Waals surface area contributed by atoms with Gasteiger partial charge in [0.15, 0.2) is 0 Å². The van der Waals surface area contributed by atoms with Gasteiger partial charge in [0, 0.05) is 33.8 Å². The van der Waals surface area contributed by atoms with Crippen molar-refractivity contribution in [1.82, 2.24) is 10.2 Å². The quantitative estimate of drug-likeness (QED) is 0.464. The van der Waals surface area contributed by atoms with Gasteiger partial charge in [-0.2, -0.15) is 0 Å². The van der Waals surface area contributed by atoms with Gasteiger partial charge < -0.3 is 15.0 Å². The highest BCUT2D eigenvalue weighted by atomic mass is 35.5. The van der Waals surface area contributed by atoms with E-state index in [0.29, 0.717) is 21.4 Å². The predicted octanol–water partition coefficient (Wildman–Crippen LogP) is 4.49. The van der Waals surface area contributed by atoms with Crippen LogP contribution in [0.5, 0.6) is 5.75 Å². The molecule has 11 heteroatoms. The van der Waals surface area contributed by atoms with Crippen molar-refractivity contribution in [3.63, 3.8) is 0 Å². The van der Waals surface area contributed by atoms with Gasteiger partial charge in [-0.3, -0.25) is 13.9 Å². The van der Waals surface area contributed by atoms with Gasteiger partial charge in [0.25, 0.3) is 0 Å². The van der Waals surface area contributed by atoms with Crippen molar-refractivity contribution < 1.29 is 22.7 Å². The first-order valence-corrected chi connectivity index (χ1v) is 13.9. The molecule has 0 radical (unpaired) electrons. The first kappa shape index (κ1) is 29.7. The minimum absolute atomic E-state index is 0.0802. The molecule has 0 spiro atoms. The van der Waals surface area contributed by atoms with Gasteiger partial charge in [-0.25, -0.2) is 8.42 Å². The number of sulfonamides is 1. The smallest absolute Gasteiger partial charge is 0.244 e. The Balaban J connectivity index is 2.53. The fourth-order valence-corrected chi connectivity index (χ4v) is 4.96. The number of rotatable bonds is 10. The summed E-state index contributed by atoms with van der Waals surface area (Å²) in [6.45, 7) is 6.67. The molecule has 8 nitrogen and oxygen atoms in total. The number of nitrogens with one attached hydrogen (secondary N) is 1. The number of benzene rings is 2. The lowest BCUT2D eigenvalue weighted by Gasteiger charge is -2.34. The molecule has 0 saturated heterocycles. The molecule has 36 heavy (non-hydrogen) atoms. The largest absolute Gasteiger partial charge is 0.497 e. The molecule has 1 unspecified atom stereocenters. The van der Waals surface area contributed by atoms with E-state index < -0.39 is 34.1 Å². The molecule has 0 bridgehead atoms. The number of nitrogens with zero attached hydrogens (tertiary/aromatic N) is 2. The molecular weight excluding hydrogens is 525 g/mol. The van der Waals surface area contributed by atoms with Gasteiger partial charge in [0.1, 0.15) is 18.3 Å². The standard InChI is InChI=1S/C25H33Cl2N3O5S/c1-7-22(24(32)28-25(2,3)4)29(15-19-20(26)12-9-13-21(19)27)23(31)16-30(36(6,33)34)17-10-8-11-18(14-17)35-5/h8-14,22H,7,15-16H2,1-6H3,(H,28,32). The average molecular weight is 559 g/mol. The Bertz CT molecular complexity index is 1180. The maximum atomic E-state index is 13.7. The molecule has 1 N–H and O–H groups in total. The lowest BCUT2D eigenvalue weighted by atomic mass is 10.1. The molecule has 2 amide bonds. The minimum atomic E-state index is -3.86. The summed E-state index contributed by atoms with van der Waals surface area (Å²) in [6.07, 6.45) is 1.30. The molecule has 0 aromatic heterocycles. The van der Waals surface area contributed by atoms with Crippen LogP contribution in [0.4, 0.5) is 5.69 Å². The lowest BCUT2D eigenvalue weighted by Crippen LogP contribution is -2.55. The molecule has 0 aliphatic heterocycles. The third kappa shape index (κ3) is 8.01. The molecule has 2 rings (SSSR count). The Morgan fingerprint density at radius 3 is 2.17 bits per heavy atom. The van der Waals surface area contributed by atoms with Crippen molar-refractivity contribution in [2.75, 3.05) is 24.2 Å². The topological polar surface area (TPSA) is 96.0 Å². The highest BCUT2D eigenvalue weighted by Crippen LogP contribution is 2.28. The summed E-state index contributed by atoms with van der Waals surface area (Å²) in [7, 11) is -2.40. The maximum Gasteiger partial charge on any atom is 0.244 e. The zero-order valence-electron chi connectivity index (χ0n) is 21.3. The van der Waals surface area contributed by atoms with Crippen LogP contribution < -0.4 is 14.4 Å². The van der Waals surface area contributed by atoms with Crippen LogP contribution in [0.3, 0.4) is 0 Å². The van der Waals surface area contributed by atoms with Crippen LogP contribution >= 0.6 is 23.2 Å². The molecule has 0 saturated carbocycles. The van der Waals surface area contributed by atoms with Gasteiger partial charge in [-0.05, 0) is 51.5 Å². The summed E-state index contributed by atoms with van der Waals surface area (Å²) in [6, 6.07) is 10.4. The number of hydrogen-bond donors (Lipinski definition) is 1. The normalized spacial score (nSPS) is 12.6. The van der Waals surface area contributed by atoms with Gasteiger partial charge in [-0.15, -0.1) is 0 Å². The SMILES string of the molecule is CCC(C(=O)NC(C)(C)C)N(Cc1c(Cl)cccc1Cl)C(=O)CN(c1cccc(OC)c1)S(C)(=O)=O. The van der Waals surface area contributed by atoms with Crippen molar-refractivity contribution in [3.8, 4) is 5.75 Å². The average Bonchev–Trinajstić information content (AvgIpc) is 2.77. The lowest BCUT2D eigenvalue weighted by molar-refractivity contribution is -0.141. The highest BCUT2D eigenvalue weighted by Gasteiger charge is 2.33. The number of amides is 2. The van der Waals surface area contributed by atoms with Crippen molar-refractivity contribution in [2.45, 2.75) is 52.2 Å². The third-order valence-corrected chi connectivity index (χ3v) is 7.14. The molecule has 0 heterocycles. The molecule has 0 aliphatic carbocycles. The molecule has 198 valence electrons. The molecule has 2 aromatic carbocycles. The van der Waals surface area contributed by atoms with Crippen LogP contribution in [-0.2, 0) is 26.2 Å². The van der Waals surface area contributed by atoms with E-state index >= 15 is 0 Å².